The Morgan fingerprint density at radius 3 is 2.89 bits per heavy atom. The van der Waals surface area contributed by atoms with Gasteiger partial charge in [-0.2, -0.15) is 0 Å². The zero-order valence-electron chi connectivity index (χ0n) is 11.1. The van der Waals surface area contributed by atoms with E-state index in [0.29, 0.717) is 37.9 Å². The molecule has 2 rings (SSSR count). The minimum Gasteiger partial charge on any atom is -0.378 e. The predicted octanol–water partition coefficient (Wildman–Crippen LogP) is 1.85. The Morgan fingerprint density at radius 2 is 2.21 bits per heavy atom. The highest BCUT2D eigenvalue weighted by molar-refractivity contribution is 6.30. The van der Waals surface area contributed by atoms with Crippen LogP contribution in [0.15, 0.2) is 24.3 Å². The van der Waals surface area contributed by atoms with E-state index in [1.807, 2.05) is 36.1 Å². The number of hydrogen-bond acceptors (Lipinski definition) is 3. The molecule has 1 aliphatic rings. The zero-order chi connectivity index (χ0) is 13.7. The highest BCUT2D eigenvalue weighted by Gasteiger charge is 2.17. The third-order valence-corrected chi connectivity index (χ3v) is 3.51. The number of ether oxygens (including phenoxy) is 1. The van der Waals surface area contributed by atoms with Gasteiger partial charge in [0.15, 0.2) is 0 Å². The molecular formula is C14H19ClN2O2. The molecule has 1 aromatic rings. The van der Waals surface area contributed by atoms with E-state index in [-0.39, 0.29) is 11.9 Å². The van der Waals surface area contributed by atoms with Gasteiger partial charge in [0.1, 0.15) is 0 Å². The summed E-state index contributed by atoms with van der Waals surface area (Å²) in [6.07, 6.45) is 0. The van der Waals surface area contributed by atoms with Gasteiger partial charge in [-0.1, -0.05) is 23.7 Å². The van der Waals surface area contributed by atoms with Crippen LogP contribution in [-0.2, 0) is 9.53 Å². The molecule has 19 heavy (non-hydrogen) atoms. The first-order chi connectivity index (χ1) is 9.16. The van der Waals surface area contributed by atoms with E-state index < -0.39 is 0 Å². The molecule has 1 aliphatic heterocycles. The molecule has 0 unspecified atom stereocenters. The molecule has 1 amide bonds. The van der Waals surface area contributed by atoms with Gasteiger partial charge in [0.05, 0.1) is 19.8 Å². The second-order valence-electron chi connectivity index (χ2n) is 4.65. The van der Waals surface area contributed by atoms with Crippen LogP contribution in [0.25, 0.3) is 0 Å². The first-order valence-electron chi connectivity index (χ1n) is 6.51. The molecule has 104 valence electrons. The van der Waals surface area contributed by atoms with Crippen molar-refractivity contribution in [2.24, 2.45) is 0 Å². The van der Waals surface area contributed by atoms with Crippen LogP contribution in [0.1, 0.15) is 18.5 Å². The monoisotopic (exact) mass is 282 g/mol. The summed E-state index contributed by atoms with van der Waals surface area (Å²) < 4.78 is 5.23. The van der Waals surface area contributed by atoms with Crippen molar-refractivity contribution in [3.05, 3.63) is 34.9 Å². The number of rotatable bonds is 4. The van der Waals surface area contributed by atoms with Crippen LogP contribution in [0.4, 0.5) is 0 Å². The predicted molar refractivity (Wildman–Crippen MR) is 75.3 cm³/mol. The van der Waals surface area contributed by atoms with Crippen molar-refractivity contribution in [2.75, 3.05) is 32.8 Å². The van der Waals surface area contributed by atoms with Crippen LogP contribution < -0.4 is 5.32 Å². The lowest BCUT2D eigenvalue weighted by Crippen LogP contribution is -2.45. The normalized spacial score (nSPS) is 17.3. The topological polar surface area (TPSA) is 41.6 Å². The average Bonchev–Trinajstić information content (AvgIpc) is 2.45. The average molecular weight is 283 g/mol. The number of nitrogens with zero attached hydrogens (tertiary/aromatic N) is 1. The molecule has 1 heterocycles. The molecule has 0 radical (unpaired) electrons. The van der Waals surface area contributed by atoms with Gasteiger partial charge in [-0.25, -0.2) is 0 Å². The maximum atomic E-state index is 12.0. The summed E-state index contributed by atoms with van der Waals surface area (Å²) >= 11 is 5.96. The smallest absolute Gasteiger partial charge is 0.236 e. The number of hydrogen-bond donors (Lipinski definition) is 1. The maximum absolute atomic E-state index is 12.0. The molecule has 1 saturated heterocycles. The second kappa shape index (κ2) is 6.89. The molecule has 1 fully saturated rings. The summed E-state index contributed by atoms with van der Waals surface area (Å²) in [6.45, 7) is 5.01. The van der Waals surface area contributed by atoms with E-state index in [1.165, 1.54) is 0 Å². The highest BCUT2D eigenvalue weighted by atomic mass is 35.5. The fourth-order valence-corrected chi connectivity index (χ4v) is 2.26. The minimum atomic E-state index is 0.101. The first kappa shape index (κ1) is 14.3. The third kappa shape index (κ3) is 4.20. The summed E-state index contributed by atoms with van der Waals surface area (Å²) in [5, 5.41) is 3.95. The Bertz CT molecular complexity index is 433. The lowest BCUT2D eigenvalue weighted by Gasteiger charge is -2.27. The van der Waals surface area contributed by atoms with Gasteiger partial charge in [-0.3, -0.25) is 4.79 Å². The van der Waals surface area contributed by atoms with Crippen LogP contribution in [0, 0.1) is 0 Å². The van der Waals surface area contributed by atoms with E-state index in [1.54, 1.807) is 0 Å². The Labute approximate surface area is 118 Å². The first-order valence-corrected chi connectivity index (χ1v) is 6.89. The van der Waals surface area contributed by atoms with Crippen molar-refractivity contribution in [3.8, 4) is 0 Å². The fourth-order valence-electron chi connectivity index (χ4n) is 2.06. The Balaban J connectivity index is 1.82. The van der Waals surface area contributed by atoms with Gasteiger partial charge < -0.3 is 15.0 Å². The van der Waals surface area contributed by atoms with Gasteiger partial charge >= 0.3 is 0 Å². The van der Waals surface area contributed by atoms with Crippen molar-refractivity contribution in [1.82, 2.24) is 10.2 Å². The summed E-state index contributed by atoms with van der Waals surface area (Å²) in [5.41, 5.74) is 1.09. The third-order valence-electron chi connectivity index (χ3n) is 3.27. The van der Waals surface area contributed by atoms with Crippen molar-refractivity contribution in [2.45, 2.75) is 13.0 Å². The SMILES string of the molecule is C[C@H](NCC(=O)N1CCOCC1)c1cccc(Cl)c1. The highest BCUT2D eigenvalue weighted by Crippen LogP contribution is 2.17. The van der Waals surface area contributed by atoms with Crippen molar-refractivity contribution >= 4 is 17.5 Å². The van der Waals surface area contributed by atoms with Crippen LogP contribution in [0.3, 0.4) is 0 Å². The summed E-state index contributed by atoms with van der Waals surface area (Å²) in [6, 6.07) is 7.78. The van der Waals surface area contributed by atoms with Gasteiger partial charge in [0, 0.05) is 24.2 Å². The van der Waals surface area contributed by atoms with Crippen molar-refractivity contribution < 1.29 is 9.53 Å². The molecule has 1 atom stereocenters. The van der Waals surface area contributed by atoms with Crippen molar-refractivity contribution in [1.29, 1.82) is 0 Å². The summed E-state index contributed by atoms with van der Waals surface area (Å²) in [5.74, 6) is 0.122. The quantitative estimate of drug-likeness (QED) is 0.916. The number of amides is 1. The van der Waals surface area contributed by atoms with E-state index in [4.69, 9.17) is 16.3 Å². The van der Waals surface area contributed by atoms with Crippen molar-refractivity contribution in [3.63, 3.8) is 0 Å². The zero-order valence-corrected chi connectivity index (χ0v) is 11.8. The molecular weight excluding hydrogens is 264 g/mol. The molecule has 0 bridgehead atoms. The lowest BCUT2D eigenvalue weighted by atomic mass is 10.1. The largest absolute Gasteiger partial charge is 0.378 e. The molecule has 1 aromatic carbocycles. The molecule has 4 nitrogen and oxygen atoms in total. The van der Waals surface area contributed by atoms with E-state index in [9.17, 15) is 4.79 Å². The summed E-state index contributed by atoms with van der Waals surface area (Å²) in [4.78, 5) is 13.8. The molecule has 0 aliphatic carbocycles. The minimum absolute atomic E-state index is 0.101. The number of morpholine rings is 1. The van der Waals surface area contributed by atoms with Crippen LogP contribution >= 0.6 is 11.6 Å². The van der Waals surface area contributed by atoms with Gasteiger partial charge in [0.2, 0.25) is 5.91 Å². The van der Waals surface area contributed by atoms with Gasteiger partial charge in [-0.05, 0) is 24.6 Å². The van der Waals surface area contributed by atoms with Crippen LogP contribution in [0.2, 0.25) is 5.02 Å². The van der Waals surface area contributed by atoms with E-state index >= 15 is 0 Å². The van der Waals surface area contributed by atoms with Crippen LogP contribution in [-0.4, -0.2) is 43.7 Å². The van der Waals surface area contributed by atoms with E-state index in [0.717, 1.165) is 5.56 Å². The Kier molecular flexibility index (Phi) is 5.19. The van der Waals surface area contributed by atoms with Gasteiger partial charge in [-0.15, -0.1) is 0 Å². The number of carbonyl (C=O) groups is 1. The standard InChI is InChI=1S/C14H19ClN2O2/c1-11(12-3-2-4-13(15)9-12)16-10-14(18)17-5-7-19-8-6-17/h2-4,9,11,16H,5-8,10H2,1H3/t11-/m0/s1. The molecule has 1 N–H and O–H groups in total. The Hall–Kier alpha value is -1.10. The molecule has 0 saturated carbocycles. The molecule has 0 spiro atoms. The molecule has 5 heteroatoms. The van der Waals surface area contributed by atoms with Crippen LogP contribution in [0.5, 0.6) is 0 Å². The lowest BCUT2D eigenvalue weighted by molar-refractivity contribution is -0.134. The molecule has 0 aromatic heterocycles. The number of benzene rings is 1. The number of nitrogens with one attached hydrogen (secondary N) is 1. The van der Waals surface area contributed by atoms with Gasteiger partial charge in [0.25, 0.3) is 0 Å². The summed E-state index contributed by atoms with van der Waals surface area (Å²) in [7, 11) is 0. The van der Waals surface area contributed by atoms with E-state index in [2.05, 4.69) is 5.32 Å². The number of carbonyl (C=O) groups excluding carboxylic acids is 1. The second-order valence-corrected chi connectivity index (χ2v) is 5.09. The maximum Gasteiger partial charge on any atom is 0.236 e. The fraction of sp³-hybridized carbons (Fsp3) is 0.500. The Morgan fingerprint density at radius 1 is 1.47 bits per heavy atom. The number of halogens is 1.